The summed E-state index contributed by atoms with van der Waals surface area (Å²) in [6, 6.07) is 9.92. The molecule has 0 aromatic heterocycles. The Kier molecular flexibility index (Phi) is 4.70. The van der Waals surface area contributed by atoms with E-state index < -0.39 is 4.92 Å². The Morgan fingerprint density at radius 1 is 1.24 bits per heavy atom. The number of carbonyl (C=O) groups excluding carboxylic acids is 1. The summed E-state index contributed by atoms with van der Waals surface area (Å²) in [6.07, 6.45) is 1.91. The Labute approximate surface area is 146 Å². The third kappa shape index (κ3) is 3.63. The Morgan fingerprint density at radius 3 is 2.64 bits per heavy atom. The van der Waals surface area contributed by atoms with Gasteiger partial charge in [-0.3, -0.25) is 14.9 Å². The van der Waals surface area contributed by atoms with E-state index in [4.69, 9.17) is 4.74 Å². The molecule has 2 aromatic carbocycles. The fraction of sp³-hybridized carbons (Fsp3) is 0.316. The second kappa shape index (κ2) is 6.93. The first-order chi connectivity index (χ1) is 12.0. The van der Waals surface area contributed by atoms with Gasteiger partial charge in [-0.2, -0.15) is 0 Å². The van der Waals surface area contributed by atoms with Gasteiger partial charge in [0.05, 0.1) is 4.92 Å². The van der Waals surface area contributed by atoms with E-state index in [1.165, 1.54) is 35.4 Å². The minimum atomic E-state index is -0.468. The standard InChI is InChI=1S/C19H20N2O4/c1-13-10-14(2)17-4-3-9-20(18(17)11-13)19(22)12-25-16-7-5-15(6-8-16)21(23)24/h5-8,10-11H,3-4,9,12H2,1-2H3. The minimum Gasteiger partial charge on any atom is -0.484 e. The number of anilines is 1. The van der Waals surface area contributed by atoms with E-state index >= 15 is 0 Å². The van der Waals surface area contributed by atoms with Crippen LogP contribution in [-0.2, 0) is 11.2 Å². The lowest BCUT2D eigenvalue weighted by atomic mass is 9.95. The van der Waals surface area contributed by atoms with Crippen molar-refractivity contribution in [2.75, 3.05) is 18.1 Å². The quantitative estimate of drug-likeness (QED) is 0.630. The second-order valence-corrected chi connectivity index (χ2v) is 6.27. The predicted molar refractivity (Wildman–Crippen MR) is 95.2 cm³/mol. The number of benzene rings is 2. The number of hydrogen-bond acceptors (Lipinski definition) is 4. The molecule has 0 aliphatic carbocycles. The van der Waals surface area contributed by atoms with Gasteiger partial charge in [0.2, 0.25) is 0 Å². The maximum atomic E-state index is 12.6. The first kappa shape index (κ1) is 17.0. The molecule has 6 nitrogen and oxygen atoms in total. The lowest BCUT2D eigenvalue weighted by Crippen LogP contribution is -2.39. The number of nitro benzene ring substituents is 1. The fourth-order valence-electron chi connectivity index (χ4n) is 3.22. The van der Waals surface area contributed by atoms with Crippen LogP contribution < -0.4 is 9.64 Å². The van der Waals surface area contributed by atoms with Gasteiger partial charge in [0.1, 0.15) is 5.75 Å². The normalized spacial score (nSPS) is 13.3. The number of nitro groups is 1. The topological polar surface area (TPSA) is 72.7 Å². The van der Waals surface area contributed by atoms with Crippen LogP contribution >= 0.6 is 0 Å². The number of ether oxygens (including phenoxy) is 1. The van der Waals surface area contributed by atoms with Crippen molar-refractivity contribution in [3.63, 3.8) is 0 Å². The van der Waals surface area contributed by atoms with E-state index in [1.54, 1.807) is 4.90 Å². The van der Waals surface area contributed by atoms with Crippen LogP contribution in [0.15, 0.2) is 36.4 Å². The Hall–Kier alpha value is -2.89. The van der Waals surface area contributed by atoms with Crippen LogP contribution in [0.4, 0.5) is 11.4 Å². The van der Waals surface area contributed by atoms with E-state index in [1.807, 2.05) is 13.0 Å². The van der Waals surface area contributed by atoms with Gasteiger partial charge in [-0.25, -0.2) is 0 Å². The smallest absolute Gasteiger partial charge is 0.269 e. The van der Waals surface area contributed by atoms with Gasteiger partial charge < -0.3 is 9.64 Å². The van der Waals surface area contributed by atoms with Crippen LogP contribution in [0.2, 0.25) is 0 Å². The zero-order chi connectivity index (χ0) is 18.0. The average Bonchev–Trinajstić information content (AvgIpc) is 2.59. The third-order valence-electron chi connectivity index (χ3n) is 4.40. The van der Waals surface area contributed by atoms with Crippen molar-refractivity contribution in [1.29, 1.82) is 0 Å². The summed E-state index contributed by atoms with van der Waals surface area (Å²) < 4.78 is 5.52. The van der Waals surface area contributed by atoms with Crippen molar-refractivity contribution in [1.82, 2.24) is 0 Å². The van der Waals surface area contributed by atoms with Gasteiger partial charge in [-0.05, 0) is 61.6 Å². The molecule has 6 heteroatoms. The fourth-order valence-corrected chi connectivity index (χ4v) is 3.22. The average molecular weight is 340 g/mol. The molecule has 0 atom stereocenters. The van der Waals surface area contributed by atoms with Crippen LogP contribution in [0.5, 0.6) is 5.75 Å². The maximum Gasteiger partial charge on any atom is 0.269 e. The van der Waals surface area contributed by atoms with Crippen molar-refractivity contribution >= 4 is 17.3 Å². The van der Waals surface area contributed by atoms with Crippen LogP contribution in [-0.4, -0.2) is 24.0 Å². The number of carbonyl (C=O) groups is 1. The Morgan fingerprint density at radius 2 is 1.96 bits per heavy atom. The number of hydrogen-bond donors (Lipinski definition) is 0. The Bertz CT molecular complexity index is 815. The molecule has 130 valence electrons. The lowest BCUT2D eigenvalue weighted by Gasteiger charge is -2.31. The summed E-state index contributed by atoms with van der Waals surface area (Å²) in [5.74, 6) is 0.334. The number of rotatable bonds is 4. The van der Waals surface area contributed by atoms with E-state index in [9.17, 15) is 14.9 Å². The van der Waals surface area contributed by atoms with Crippen LogP contribution in [0.3, 0.4) is 0 Å². The van der Waals surface area contributed by atoms with Gasteiger partial charge in [-0.15, -0.1) is 0 Å². The highest BCUT2D eigenvalue weighted by molar-refractivity contribution is 5.96. The number of amides is 1. The molecule has 0 saturated carbocycles. The third-order valence-corrected chi connectivity index (χ3v) is 4.40. The van der Waals surface area contributed by atoms with Gasteiger partial charge >= 0.3 is 0 Å². The highest BCUT2D eigenvalue weighted by Crippen LogP contribution is 2.31. The van der Waals surface area contributed by atoms with Crippen molar-refractivity contribution in [3.8, 4) is 5.75 Å². The molecule has 0 spiro atoms. The molecular weight excluding hydrogens is 320 g/mol. The largest absolute Gasteiger partial charge is 0.484 e. The molecular formula is C19H20N2O4. The Balaban J connectivity index is 1.71. The zero-order valence-corrected chi connectivity index (χ0v) is 14.3. The highest BCUT2D eigenvalue weighted by atomic mass is 16.6. The lowest BCUT2D eigenvalue weighted by molar-refractivity contribution is -0.384. The van der Waals surface area contributed by atoms with Crippen LogP contribution in [0.25, 0.3) is 0 Å². The molecule has 1 aliphatic heterocycles. The van der Waals surface area contributed by atoms with Crippen LogP contribution in [0.1, 0.15) is 23.1 Å². The van der Waals surface area contributed by atoms with E-state index in [0.717, 1.165) is 24.1 Å². The molecule has 0 radical (unpaired) electrons. The van der Waals surface area contributed by atoms with Crippen LogP contribution in [0, 0.1) is 24.0 Å². The number of non-ortho nitro benzene ring substituents is 1. The SMILES string of the molecule is Cc1cc(C)c2c(c1)N(C(=O)COc1ccc([N+](=O)[O-])cc1)CCC2. The molecule has 2 aromatic rings. The molecule has 0 N–H and O–H groups in total. The molecule has 1 heterocycles. The number of nitrogens with zero attached hydrogens (tertiary/aromatic N) is 2. The van der Waals surface area contributed by atoms with Crippen molar-refractivity contribution < 1.29 is 14.5 Å². The van der Waals surface area contributed by atoms with Gasteiger partial charge in [0, 0.05) is 24.4 Å². The zero-order valence-electron chi connectivity index (χ0n) is 14.3. The summed E-state index contributed by atoms with van der Waals surface area (Å²) in [4.78, 5) is 24.6. The first-order valence-corrected chi connectivity index (χ1v) is 8.23. The molecule has 1 aliphatic rings. The molecule has 1 amide bonds. The molecule has 0 fully saturated rings. The van der Waals surface area contributed by atoms with E-state index in [0.29, 0.717) is 12.3 Å². The molecule has 0 bridgehead atoms. The first-order valence-electron chi connectivity index (χ1n) is 8.23. The van der Waals surface area contributed by atoms with Gasteiger partial charge in [0.25, 0.3) is 11.6 Å². The predicted octanol–water partition coefficient (Wildman–Crippen LogP) is 3.57. The molecule has 3 rings (SSSR count). The van der Waals surface area contributed by atoms with Crippen molar-refractivity contribution in [3.05, 3.63) is 63.2 Å². The summed E-state index contributed by atoms with van der Waals surface area (Å²) in [6.45, 7) is 4.69. The summed E-state index contributed by atoms with van der Waals surface area (Å²) >= 11 is 0. The summed E-state index contributed by atoms with van der Waals surface area (Å²) in [7, 11) is 0. The number of aryl methyl sites for hydroxylation is 2. The van der Waals surface area contributed by atoms with Gasteiger partial charge in [0.15, 0.2) is 6.61 Å². The van der Waals surface area contributed by atoms with E-state index in [-0.39, 0.29) is 18.2 Å². The highest BCUT2D eigenvalue weighted by Gasteiger charge is 2.24. The summed E-state index contributed by atoms with van der Waals surface area (Å²) in [5.41, 5.74) is 4.53. The molecule has 0 saturated heterocycles. The molecule has 0 unspecified atom stereocenters. The van der Waals surface area contributed by atoms with Crippen molar-refractivity contribution in [2.24, 2.45) is 0 Å². The minimum absolute atomic E-state index is 0.00501. The second-order valence-electron chi connectivity index (χ2n) is 6.27. The maximum absolute atomic E-state index is 12.6. The van der Waals surface area contributed by atoms with E-state index in [2.05, 4.69) is 13.0 Å². The number of fused-ring (bicyclic) bond motifs is 1. The van der Waals surface area contributed by atoms with Gasteiger partial charge in [-0.1, -0.05) is 6.07 Å². The molecule has 25 heavy (non-hydrogen) atoms. The van der Waals surface area contributed by atoms with Crippen molar-refractivity contribution in [2.45, 2.75) is 26.7 Å². The monoisotopic (exact) mass is 340 g/mol. The summed E-state index contributed by atoms with van der Waals surface area (Å²) in [5, 5.41) is 10.7.